The lowest BCUT2D eigenvalue weighted by molar-refractivity contribution is -0.160. The zero-order chi connectivity index (χ0) is 51.7. The molecule has 1 aliphatic rings. The summed E-state index contributed by atoms with van der Waals surface area (Å²) in [5.41, 5.74) is 1.72. The fraction of sp³-hybridized carbons (Fsp3) is 0.655. The number of esters is 2. The van der Waals surface area contributed by atoms with Crippen LogP contribution in [0.25, 0.3) is 11.1 Å². The van der Waals surface area contributed by atoms with Crippen molar-refractivity contribution in [3.8, 4) is 11.1 Å². The average molecular weight is 977 g/mol. The Morgan fingerprint density at radius 2 is 1.00 bits per heavy atom. The van der Waals surface area contributed by atoms with Crippen molar-refractivity contribution in [2.24, 2.45) is 0 Å². The summed E-state index contributed by atoms with van der Waals surface area (Å²) >= 11 is 0. The lowest BCUT2D eigenvalue weighted by Crippen LogP contribution is -2.47. The molecule has 0 spiro atoms. The van der Waals surface area contributed by atoms with Crippen LogP contribution in [0.1, 0.15) is 200 Å². The van der Waals surface area contributed by atoms with E-state index in [9.17, 15) is 38.7 Å². The van der Waals surface area contributed by atoms with Crippen molar-refractivity contribution in [1.82, 2.24) is 20.9 Å². The second-order valence-corrected chi connectivity index (χ2v) is 20.5. The number of carboxylic acids is 1. The van der Waals surface area contributed by atoms with E-state index < -0.39 is 71.2 Å². The number of rotatable bonds is 32. The number of carbonyl (C=O) groups is 7. The van der Waals surface area contributed by atoms with E-state index in [1.54, 1.807) is 41.5 Å². The first-order valence-electron chi connectivity index (χ1n) is 25.8. The third-order valence-electron chi connectivity index (χ3n) is 12.2. The van der Waals surface area contributed by atoms with Crippen LogP contribution < -0.4 is 16.0 Å². The molecule has 70 heavy (non-hydrogen) atoms. The van der Waals surface area contributed by atoms with Crippen molar-refractivity contribution in [2.45, 2.75) is 219 Å². The molecule has 15 heteroatoms. The summed E-state index contributed by atoms with van der Waals surface area (Å²) < 4.78 is 16.3. The zero-order valence-corrected chi connectivity index (χ0v) is 43.5. The smallest absolute Gasteiger partial charge is 0.411 e. The van der Waals surface area contributed by atoms with Crippen LogP contribution in [-0.4, -0.2) is 94.7 Å². The lowest BCUT2D eigenvalue weighted by Gasteiger charge is -2.34. The van der Waals surface area contributed by atoms with Crippen LogP contribution in [-0.2, 0) is 43.0 Å². The molecule has 0 aliphatic heterocycles. The van der Waals surface area contributed by atoms with Gasteiger partial charge in [0.2, 0.25) is 17.7 Å². The Balaban J connectivity index is 1.51. The fourth-order valence-electron chi connectivity index (χ4n) is 8.74. The van der Waals surface area contributed by atoms with Crippen LogP contribution >= 0.6 is 0 Å². The average Bonchev–Trinajstić information content (AvgIpc) is 3.62. The predicted molar refractivity (Wildman–Crippen MR) is 271 cm³/mol. The van der Waals surface area contributed by atoms with E-state index in [-0.39, 0.29) is 51.0 Å². The van der Waals surface area contributed by atoms with Gasteiger partial charge in [0, 0.05) is 25.8 Å². The molecule has 0 heterocycles. The molecule has 0 aromatic heterocycles. The summed E-state index contributed by atoms with van der Waals surface area (Å²) in [5.74, 6) is -3.85. The van der Waals surface area contributed by atoms with Gasteiger partial charge in [-0.25, -0.2) is 19.2 Å². The number of hydrogen-bond donors (Lipinski definition) is 4. The molecule has 15 nitrogen and oxygen atoms in total. The Morgan fingerprint density at radius 1 is 0.571 bits per heavy atom. The van der Waals surface area contributed by atoms with Crippen molar-refractivity contribution in [2.75, 3.05) is 13.7 Å². The molecule has 2 aromatic carbocycles. The van der Waals surface area contributed by atoms with Gasteiger partial charge < -0.3 is 35.3 Å². The van der Waals surface area contributed by atoms with Crippen molar-refractivity contribution >= 4 is 41.7 Å². The number of hydrogen-bond acceptors (Lipinski definition) is 10. The van der Waals surface area contributed by atoms with Crippen molar-refractivity contribution < 1.29 is 52.9 Å². The van der Waals surface area contributed by atoms with Gasteiger partial charge >= 0.3 is 24.0 Å². The number of ether oxygens (including phenoxy) is 3. The fourth-order valence-corrected chi connectivity index (χ4v) is 8.74. The Bertz CT molecular complexity index is 1950. The monoisotopic (exact) mass is 977 g/mol. The minimum absolute atomic E-state index is 0.0754. The van der Waals surface area contributed by atoms with E-state index in [2.05, 4.69) is 22.9 Å². The van der Waals surface area contributed by atoms with Gasteiger partial charge in [-0.05, 0) is 102 Å². The first-order valence-corrected chi connectivity index (χ1v) is 25.8. The number of nitrogens with one attached hydrogen (secondary N) is 3. The van der Waals surface area contributed by atoms with Crippen molar-refractivity contribution in [3.63, 3.8) is 0 Å². The number of nitrogens with zero attached hydrogens (tertiary/aromatic N) is 1. The van der Waals surface area contributed by atoms with E-state index in [4.69, 9.17) is 14.2 Å². The highest BCUT2D eigenvalue weighted by Gasteiger charge is 2.42. The third-order valence-corrected chi connectivity index (χ3v) is 12.2. The molecule has 0 bridgehead atoms. The van der Waals surface area contributed by atoms with Gasteiger partial charge in [0.05, 0.1) is 13.2 Å². The van der Waals surface area contributed by atoms with Gasteiger partial charge in [0.1, 0.15) is 29.3 Å². The number of methoxy groups -OCH3 is 1. The molecule has 3 rings (SSSR count). The van der Waals surface area contributed by atoms with Gasteiger partial charge in [-0.3, -0.25) is 19.3 Å². The summed E-state index contributed by atoms with van der Waals surface area (Å²) in [4.78, 5) is 93.4. The minimum atomic E-state index is -1.23. The van der Waals surface area contributed by atoms with Crippen LogP contribution in [0.2, 0.25) is 0 Å². The predicted octanol–water partition coefficient (Wildman–Crippen LogP) is 10.3. The number of carboxylic acid groups (broad SMARTS) is 1. The SMILES string of the molecule is CCCCCCCCCCCCCCCC(=O)N[C@@H](CCC(=O)N[C@@H](CCC(=O)NCCCC[C@@H](C(=O)O)N(C(=O)OC)C1c2ccccc2-c2ccccc21)C(=O)OC(C)(C)C)C(=O)OC(C)(C)C. The Morgan fingerprint density at radius 3 is 1.44 bits per heavy atom. The van der Waals surface area contributed by atoms with Gasteiger partial charge in [0.25, 0.3) is 0 Å². The van der Waals surface area contributed by atoms with Crippen LogP contribution in [0.15, 0.2) is 48.5 Å². The Kier molecular flexibility index (Phi) is 25.5. The number of carbonyl (C=O) groups excluding carboxylic acids is 6. The molecule has 4 amide bonds. The molecule has 0 unspecified atom stereocenters. The van der Waals surface area contributed by atoms with Crippen molar-refractivity contribution in [3.05, 3.63) is 59.7 Å². The summed E-state index contributed by atoms with van der Waals surface area (Å²) in [6.07, 6.45) is 15.1. The summed E-state index contributed by atoms with van der Waals surface area (Å²) in [6.45, 7) is 12.6. The maximum atomic E-state index is 13.4. The molecule has 2 aromatic rings. The minimum Gasteiger partial charge on any atom is -0.480 e. The molecule has 4 N–H and O–H groups in total. The number of benzene rings is 2. The maximum Gasteiger partial charge on any atom is 0.411 e. The first-order chi connectivity index (χ1) is 33.3. The van der Waals surface area contributed by atoms with E-state index in [1.807, 2.05) is 48.5 Å². The molecule has 0 fully saturated rings. The molecule has 0 saturated carbocycles. The molecule has 3 atom stereocenters. The summed E-state index contributed by atoms with van der Waals surface area (Å²) in [6, 6.07) is 11.0. The molecule has 390 valence electrons. The molecule has 1 aliphatic carbocycles. The van der Waals surface area contributed by atoms with Crippen molar-refractivity contribution in [1.29, 1.82) is 0 Å². The van der Waals surface area contributed by atoms with Gasteiger partial charge in [-0.2, -0.15) is 0 Å². The molecular weight excluding hydrogens is 893 g/mol. The quantitative estimate of drug-likeness (QED) is 0.0308. The number of fused-ring (bicyclic) bond motifs is 3. The van der Waals surface area contributed by atoms with E-state index >= 15 is 0 Å². The van der Waals surface area contributed by atoms with E-state index in [1.165, 1.54) is 69.8 Å². The second kappa shape index (κ2) is 30.3. The highest BCUT2D eigenvalue weighted by atomic mass is 16.6. The maximum absolute atomic E-state index is 13.4. The lowest BCUT2D eigenvalue weighted by atomic mass is 9.99. The normalized spacial score (nSPS) is 13.5. The van der Waals surface area contributed by atoms with Gasteiger partial charge in [-0.1, -0.05) is 133 Å². The topological polar surface area (TPSA) is 207 Å². The number of unbranched alkanes of at least 4 members (excludes halogenated alkanes) is 13. The zero-order valence-electron chi connectivity index (χ0n) is 43.5. The highest BCUT2D eigenvalue weighted by molar-refractivity contribution is 5.88. The van der Waals surface area contributed by atoms with Crippen LogP contribution in [0, 0.1) is 0 Å². The van der Waals surface area contributed by atoms with Crippen LogP contribution in [0.5, 0.6) is 0 Å². The summed E-state index contributed by atoms with van der Waals surface area (Å²) in [5, 5.41) is 18.7. The molecular formula is C55H84N4O11. The van der Waals surface area contributed by atoms with E-state index in [0.29, 0.717) is 19.3 Å². The highest BCUT2D eigenvalue weighted by Crippen LogP contribution is 2.47. The molecule has 0 saturated heterocycles. The summed E-state index contributed by atoms with van der Waals surface area (Å²) in [7, 11) is 1.22. The third kappa shape index (κ3) is 21.3. The standard InChI is InChI=1S/C55H84N4O11/c1-9-10-11-12-13-14-15-16-17-18-19-20-21-33-47(61)57-44(52(66)70-55(5,6)7)35-37-48(62)58-43(51(65)69-54(2,3)4)34-36-46(60)56-38-27-26-32-45(50(63)64)59(53(67)68-8)49-41-30-24-22-28-39(41)40-29-23-25-31-42(40)49/h22-25,28-31,43-45,49H,9-21,26-27,32-38H2,1-8H3,(H,56,60)(H,57,61)(H,58,62)(H,63,64)/t43-,44-,45-/m0/s1. The Labute approximate surface area is 417 Å². The number of amides is 4. The van der Waals surface area contributed by atoms with Gasteiger partial charge in [-0.15, -0.1) is 0 Å². The van der Waals surface area contributed by atoms with Crippen LogP contribution in [0.3, 0.4) is 0 Å². The largest absolute Gasteiger partial charge is 0.480 e. The van der Waals surface area contributed by atoms with Gasteiger partial charge in [0.15, 0.2) is 0 Å². The van der Waals surface area contributed by atoms with Crippen LogP contribution in [0.4, 0.5) is 4.79 Å². The van der Waals surface area contributed by atoms with E-state index in [0.717, 1.165) is 41.5 Å². The Hall–Kier alpha value is -5.47. The first kappa shape index (κ1) is 58.8. The number of aliphatic carboxylic acids is 1. The second-order valence-electron chi connectivity index (χ2n) is 20.5. The molecule has 0 radical (unpaired) electrons.